The van der Waals surface area contributed by atoms with Gasteiger partial charge in [-0.1, -0.05) is 13.2 Å². The van der Waals surface area contributed by atoms with Crippen molar-refractivity contribution in [3.63, 3.8) is 0 Å². The Bertz CT molecular complexity index is 172. The summed E-state index contributed by atoms with van der Waals surface area (Å²) in [5.74, 6) is -1.87. The van der Waals surface area contributed by atoms with Crippen molar-refractivity contribution in [3.8, 4) is 0 Å². The van der Waals surface area contributed by atoms with Crippen molar-refractivity contribution in [2.75, 3.05) is 0 Å². The van der Waals surface area contributed by atoms with Crippen LogP contribution in [-0.2, 0) is 9.59 Å². The summed E-state index contributed by atoms with van der Waals surface area (Å²) in [7, 11) is 0. The molecule has 0 rings (SSSR count). The molecule has 0 aliphatic heterocycles. The molecule has 0 atom stereocenters. The molecule has 0 bridgehead atoms. The van der Waals surface area contributed by atoms with E-state index in [0.717, 1.165) is 0 Å². The summed E-state index contributed by atoms with van der Waals surface area (Å²) in [6.45, 7) is 9.20. The molecule has 0 heterocycles. The van der Waals surface area contributed by atoms with Gasteiger partial charge in [-0.3, -0.25) is 0 Å². The monoisotopic (exact) mass is 212 g/mol. The van der Waals surface area contributed by atoms with Crippen LogP contribution in [0.15, 0.2) is 24.3 Å². The number of aliphatic carboxylic acids is 2. The molecule has 0 aliphatic rings. The second kappa shape index (κ2) is 10.1. The number of carboxylic acid groups (broad SMARTS) is 2. The minimum atomic E-state index is -0.935. The van der Waals surface area contributed by atoms with Crippen LogP contribution in [0.5, 0.6) is 0 Å². The van der Waals surface area contributed by atoms with Crippen molar-refractivity contribution < 1.29 is 19.8 Å². The molecule has 0 saturated carbocycles. The molecule has 0 saturated heterocycles. The van der Waals surface area contributed by atoms with E-state index in [1.807, 2.05) is 0 Å². The van der Waals surface area contributed by atoms with Gasteiger partial charge in [0.05, 0.1) is 0 Å². The standard InChI is InChI=1S/2C4H6O2.K.H/c2*1-3(2)4(5)6;;/h2*1H2,2H3,(H,5,6);;. The van der Waals surface area contributed by atoms with Crippen LogP contribution in [0.25, 0.3) is 0 Å². The van der Waals surface area contributed by atoms with Gasteiger partial charge in [0.1, 0.15) is 0 Å². The molecule has 0 aromatic heterocycles. The van der Waals surface area contributed by atoms with Gasteiger partial charge in [0.15, 0.2) is 0 Å². The van der Waals surface area contributed by atoms with E-state index in [1.54, 1.807) is 0 Å². The third-order valence-corrected chi connectivity index (χ3v) is 0.730. The van der Waals surface area contributed by atoms with E-state index in [9.17, 15) is 9.59 Å². The zero-order chi connectivity index (χ0) is 10.3. The Hall–Kier alpha value is 0.0564. The maximum absolute atomic E-state index is 9.60. The van der Waals surface area contributed by atoms with Crippen LogP contribution in [0.3, 0.4) is 0 Å². The number of hydrogen-bond acceptors (Lipinski definition) is 2. The van der Waals surface area contributed by atoms with E-state index in [4.69, 9.17) is 10.2 Å². The zero-order valence-electron chi connectivity index (χ0n) is 7.13. The first kappa shape index (κ1) is 18.8. The Balaban J connectivity index is -0.000000143. The molecule has 13 heavy (non-hydrogen) atoms. The van der Waals surface area contributed by atoms with Crippen molar-refractivity contribution in [1.82, 2.24) is 0 Å². The van der Waals surface area contributed by atoms with Crippen molar-refractivity contribution in [1.29, 1.82) is 0 Å². The van der Waals surface area contributed by atoms with E-state index in [1.165, 1.54) is 13.8 Å². The van der Waals surface area contributed by atoms with Gasteiger partial charge in [-0.15, -0.1) is 0 Å². The predicted octanol–water partition coefficient (Wildman–Crippen LogP) is 0.646. The summed E-state index contributed by atoms with van der Waals surface area (Å²) < 4.78 is 0. The second-order valence-corrected chi connectivity index (χ2v) is 2.17. The summed E-state index contributed by atoms with van der Waals surface area (Å²) in [6, 6.07) is 0. The Morgan fingerprint density at radius 2 is 1.00 bits per heavy atom. The van der Waals surface area contributed by atoms with Gasteiger partial charge in [0.2, 0.25) is 0 Å². The Labute approximate surface area is 120 Å². The zero-order valence-corrected chi connectivity index (χ0v) is 7.13. The maximum atomic E-state index is 9.60. The molecule has 2 N–H and O–H groups in total. The fraction of sp³-hybridized carbons (Fsp3) is 0.250. The molecular formula is C8H13KO4. The molecule has 5 heteroatoms. The van der Waals surface area contributed by atoms with Crippen molar-refractivity contribution in [3.05, 3.63) is 24.3 Å². The predicted molar refractivity (Wildman–Crippen MR) is 52.0 cm³/mol. The van der Waals surface area contributed by atoms with Crippen LogP contribution in [0.1, 0.15) is 13.8 Å². The van der Waals surface area contributed by atoms with Crippen LogP contribution < -0.4 is 0 Å². The number of carbonyl (C=O) groups is 2. The average Bonchev–Trinajstić information content (AvgIpc) is 1.88. The van der Waals surface area contributed by atoms with Gasteiger partial charge in [0, 0.05) is 11.1 Å². The van der Waals surface area contributed by atoms with E-state index in [0.29, 0.717) is 0 Å². The van der Waals surface area contributed by atoms with Gasteiger partial charge < -0.3 is 10.2 Å². The van der Waals surface area contributed by atoms with Crippen molar-refractivity contribution >= 4 is 63.3 Å². The van der Waals surface area contributed by atoms with E-state index < -0.39 is 11.9 Å². The third-order valence-electron chi connectivity index (χ3n) is 0.730. The first-order valence-electron chi connectivity index (χ1n) is 3.06. The molecular weight excluding hydrogens is 199 g/mol. The minimum absolute atomic E-state index is 0. The van der Waals surface area contributed by atoms with Gasteiger partial charge >= 0.3 is 63.3 Å². The topological polar surface area (TPSA) is 74.6 Å². The molecule has 0 aromatic carbocycles. The van der Waals surface area contributed by atoms with Gasteiger partial charge in [0.25, 0.3) is 0 Å². The van der Waals surface area contributed by atoms with Crippen molar-refractivity contribution in [2.24, 2.45) is 0 Å². The Morgan fingerprint density at radius 1 is 0.923 bits per heavy atom. The summed E-state index contributed by atoms with van der Waals surface area (Å²) >= 11 is 0. The van der Waals surface area contributed by atoms with Crippen LogP contribution >= 0.6 is 0 Å². The van der Waals surface area contributed by atoms with E-state index in [2.05, 4.69) is 13.2 Å². The number of carboxylic acids is 2. The van der Waals surface area contributed by atoms with Gasteiger partial charge in [-0.2, -0.15) is 0 Å². The molecule has 0 aliphatic carbocycles. The molecule has 0 fully saturated rings. The Kier molecular flexibility index (Phi) is 14.6. The first-order chi connectivity index (χ1) is 5.29. The van der Waals surface area contributed by atoms with Crippen LogP contribution in [0.2, 0.25) is 0 Å². The van der Waals surface area contributed by atoms with Gasteiger partial charge in [-0.25, -0.2) is 9.59 Å². The molecule has 0 unspecified atom stereocenters. The van der Waals surface area contributed by atoms with Crippen LogP contribution in [0.4, 0.5) is 0 Å². The summed E-state index contributed by atoms with van der Waals surface area (Å²) in [6.07, 6.45) is 0. The molecule has 0 radical (unpaired) electrons. The third kappa shape index (κ3) is 18.8. The molecule has 0 spiro atoms. The molecule has 4 nitrogen and oxygen atoms in total. The number of hydrogen-bond donors (Lipinski definition) is 2. The fourth-order valence-corrected chi connectivity index (χ4v) is 0. The number of rotatable bonds is 2. The van der Waals surface area contributed by atoms with Gasteiger partial charge in [-0.05, 0) is 13.8 Å². The fourth-order valence-electron chi connectivity index (χ4n) is 0. The van der Waals surface area contributed by atoms with E-state index >= 15 is 0 Å². The Morgan fingerprint density at radius 3 is 1.00 bits per heavy atom. The van der Waals surface area contributed by atoms with E-state index in [-0.39, 0.29) is 62.5 Å². The quantitative estimate of drug-likeness (QED) is 0.520. The van der Waals surface area contributed by atoms with Crippen molar-refractivity contribution in [2.45, 2.75) is 13.8 Å². The molecule has 0 amide bonds. The summed E-state index contributed by atoms with van der Waals surface area (Å²) in [5.41, 5.74) is 0.352. The SMILES string of the molecule is C=C(C)C(=O)O.C=C(C)C(=O)O.[KH]. The van der Waals surface area contributed by atoms with Crippen LogP contribution in [0, 0.1) is 0 Å². The molecule has 0 aromatic rings. The van der Waals surface area contributed by atoms with Crippen LogP contribution in [-0.4, -0.2) is 73.5 Å². The summed E-state index contributed by atoms with van der Waals surface area (Å²) in [4.78, 5) is 19.2. The summed E-state index contributed by atoms with van der Waals surface area (Å²) in [5, 5.41) is 15.8. The average molecular weight is 212 g/mol. The first-order valence-corrected chi connectivity index (χ1v) is 3.06. The molecule has 70 valence electrons. The second-order valence-electron chi connectivity index (χ2n) is 2.17. The normalized spacial score (nSPS) is 6.92.